The SMILES string of the molecule is CC(NCCCN(C)C(=O)OC(C)(C)C)c1cc(F)cc(F)c1. The van der Waals surface area contributed by atoms with E-state index in [4.69, 9.17) is 4.74 Å². The number of nitrogens with one attached hydrogen (secondary N) is 1. The summed E-state index contributed by atoms with van der Waals surface area (Å²) in [6.07, 6.45) is 0.343. The number of halogens is 2. The molecule has 130 valence electrons. The zero-order valence-electron chi connectivity index (χ0n) is 14.5. The van der Waals surface area contributed by atoms with Crippen LogP contribution in [0.4, 0.5) is 13.6 Å². The molecule has 0 aromatic heterocycles. The van der Waals surface area contributed by atoms with Gasteiger partial charge in [0.25, 0.3) is 0 Å². The van der Waals surface area contributed by atoms with E-state index in [2.05, 4.69) is 5.32 Å². The van der Waals surface area contributed by atoms with E-state index in [0.29, 0.717) is 25.1 Å². The molecule has 0 saturated carbocycles. The molecule has 6 heteroatoms. The average molecular weight is 328 g/mol. The van der Waals surface area contributed by atoms with Gasteiger partial charge in [0.1, 0.15) is 17.2 Å². The molecule has 1 N–H and O–H groups in total. The number of benzene rings is 1. The maximum Gasteiger partial charge on any atom is 0.410 e. The Kier molecular flexibility index (Phi) is 6.94. The zero-order valence-corrected chi connectivity index (χ0v) is 14.5. The molecule has 1 aromatic carbocycles. The Hall–Kier alpha value is -1.69. The second kappa shape index (κ2) is 8.24. The molecule has 1 aromatic rings. The largest absolute Gasteiger partial charge is 0.444 e. The Morgan fingerprint density at radius 3 is 2.35 bits per heavy atom. The first kappa shape index (κ1) is 19.4. The normalized spacial score (nSPS) is 12.8. The Labute approximate surface area is 136 Å². The lowest BCUT2D eigenvalue weighted by atomic mass is 10.1. The summed E-state index contributed by atoms with van der Waals surface area (Å²) in [4.78, 5) is 13.3. The molecule has 1 atom stereocenters. The molecule has 0 bridgehead atoms. The predicted molar refractivity (Wildman–Crippen MR) is 86.3 cm³/mol. The number of ether oxygens (including phenoxy) is 1. The lowest BCUT2D eigenvalue weighted by Gasteiger charge is -2.24. The van der Waals surface area contributed by atoms with Gasteiger partial charge in [-0.25, -0.2) is 13.6 Å². The maximum absolute atomic E-state index is 13.2. The number of nitrogens with zero attached hydrogens (tertiary/aromatic N) is 1. The summed E-state index contributed by atoms with van der Waals surface area (Å²) in [7, 11) is 1.68. The molecular weight excluding hydrogens is 302 g/mol. The van der Waals surface area contributed by atoms with Gasteiger partial charge in [0.2, 0.25) is 0 Å². The Bertz CT molecular complexity index is 510. The standard InChI is InChI=1S/C17H26F2N2O2/c1-12(13-9-14(18)11-15(19)10-13)20-7-6-8-21(5)16(22)23-17(2,3)4/h9-12,20H,6-8H2,1-5H3. The molecule has 1 rings (SSSR count). The van der Waals surface area contributed by atoms with E-state index in [1.54, 1.807) is 7.05 Å². The third-order valence-corrected chi connectivity index (χ3v) is 3.21. The van der Waals surface area contributed by atoms with Crippen molar-refractivity contribution in [3.8, 4) is 0 Å². The number of carbonyl (C=O) groups is 1. The second-order valence-electron chi connectivity index (χ2n) is 6.63. The van der Waals surface area contributed by atoms with Crippen molar-refractivity contribution in [1.29, 1.82) is 0 Å². The van der Waals surface area contributed by atoms with E-state index in [0.717, 1.165) is 6.07 Å². The monoisotopic (exact) mass is 328 g/mol. The molecule has 0 aliphatic rings. The van der Waals surface area contributed by atoms with Gasteiger partial charge in [0.15, 0.2) is 0 Å². The van der Waals surface area contributed by atoms with Crippen molar-refractivity contribution in [2.75, 3.05) is 20.1 Å². The third kappa shape index (κ3) is 7.41. The van der Waals surface area contributed by atoms with Crippen molar-refractivity contribution >= 4 is 6.09 Å². The highest BCUT2D eigenvalue weighted by atomic mass is 19.1. The minimum Gasteiger partial charge on any atom is -0.444 e. The van der Waals surface area contributed by atoms with Gasteiger partial charge in [-0.15, -0.1) is 0 Å². The molecule has 0 radical (unpaired) electrons. The first-order valence-electron chi connectivity index (χ1n) is 7.72. The summed E-state index contributed by atoms with van der Waals surface area (Å²) in [6, 6.07) is 3.31. The van der Waals surface area contributed by atoms with Crippen LogP contribution in [0.15, 0.2) is 18.2 Å². The van der Waals surface area contributed by atoms with Crippen molar-refractivity contribution < 1.29 is 18.3 Å². The Balaban J connectivity index is 2.35. The first-order chi connectivity index (χ1) is 10.6. The first-order valence-corrected chi connectivity index (χ1v) is 7.72. The topological polar surface area (TPSA) is 41.6 Å². The third-order valence-electron chi connectivity index (χ3n) is 3.21. The zero-order chi connectivity index (χ0) is 17.6. The van der Waals surface area contributed by atoms with Gasteiger partial charge in [-0.3, -0.25) is 0 Å². The minimum atomic E-state index is -0.585. The second-order valence-corrected chi connectivity index (χ2v) is 6.63. The van der Waals surface area contributed by atoms with E-state index in [1.807, 2.05) is 27.7 Å². The quantitative estimate of drug-likeness (QED) is 0.806. The number of carbonyl (C=O) groups excluding carboxylic acids is 1. The van der Waals surface area contributed by atoms with Crippen LogP contribution in [0.5, 0.6) is 0 Å². The van der Waals surface area contributed by atoms with E-state index in [-0.39, 0.29) is 12.1 Å². The maximum atomic E-state index is 13.2. The fourth-order valence-electron chi connectivity index (χ4n) is 2.01. The summed E-state index contributed by atoms with van der Waals surface area (Å²) in [6.45, 7) is 8.45. The van der Waals surface area contributed by atoms with Gasteiger partial charge >= 0.3 is 6.09 Å². The van der Waals surface area contributed by atoms with Crippen molar-refractivity contribution in [2.24, 2.45) is 0 Å². The number of amides is 1. The van der Waals surface area contributed by atoms with E-state index >= 15 is 0 Å². The molecule has 1 amide bonds. The van der Waals surface area contributed by atoms with Crippen LogP contribution in [-0.2, 0) is 4.74 Å². The van der Waals surface area contributed by atoms with E-state index < -0.39 is 17.2 Å². The van der Waals surface area contributed by atoms with Crippen molar-refractivity contribution in [2.45, 2.75) is 45.8 Å². The summed E-state index contributed by atoms with van der Waals surface area (Å²) in [5, 5.41) is 3.18. The van der Waals surface area contributed by atoms with Crippen LogP contribution in [0.2, 0.25) is 0 Å². The molecule has 1 unspecified atom stereocenters. The highest BCUT2D eigenvalue weighted by molar-refractivity contribution is 5.67. The van der Waals surface area contributed by atoms with Crippen LogP contribution in [0, 0.1) is 11.6 Å². The van der Waals surface area contributed by atoms with E-state index in [9.17, 15) is 13.6 Å². The highest BCUT2D eigenvalue weighted by Gasteiger charge is 2.19. The molecule has 0 spiro atoms. The van der Waals surface area contributed by atoms with E-state index in [1.165, 1.54) is 17.0 Å². The van der Waals surface area contributed by atoms with Crippen LogP contribution in [-0.4, -0.2) is 36.7 Å². The number of hydrogen-bond acceptors (Lipinski definition) is 3. The Morgan fingerprint density at radius 2 is 1.83 bits per heavy atom. The molecule has 0 aliphatic carbocycles. The highest BCUT2D eigenvalue weighted by Crippen LogP contribution is 2.15. The van der Waals surface area contributed by atoms with Gasteiger partial charge in [0, 0.05) is 25.7 Å². The molecule has 23 heavy (non-hydrogen) atoms. The van der Waals surface area contributed by atoms with Crippen LogP contribution in [0.25, 0.3) is 0 Å². The molecule has 0 saturated heterocycles. The molecule has 4 nitrogen and oxygen atoms in total. The van der Waals surface area contributed by atoms with Gasteiger partial charge in [-0.2, -0.15) is 0 Å². The summed E-state index contributed by atoms with van der Waals surface area (Å²) in [5.41, 5.74) is 0.0440. The lowest BCUT2D eigenvalue weighted by molar-refractivity contribution is 0.0297. The fourth-order valence-corrected chi connectivity index (χ4v) is 2.01. The van der Waals surface area contributed by atoms with Gasteiger partial charge < -0.3 is 15.0 Å². The average Bonchev–Trinajstić information content (AvgIpc) is 2.40. The molecule has 0 fully saturated rings. The summed E-state index contributed by atoms with van der Waals surface area (Å²) < 4.78 is 31.6. The smallest absolute Gasteiger partial charge is 0.410 e. The van der Waals surface area contributed by atoms with Crippen molar-refractivity contribution in [1.82, 2.24) is 10.2 Å². The molecule has 0 aliphatic heterocycles. The minimum absolute atomic E-state index is 0.174. The number of rotatable bonds is 6. The molecular formula is C17H26F2N2O2. The van der Waals surface area contributed by atoms with Crippen molar-refractivity contribution in [3.63, 3.8) is 0 Å². The van der Waals surface area contributed by atoms with Crippen LogP contribution < -0.4 is 5.32 Å². The van der Waals surface area contributed by atoms with Crippen LogP contribution in [0.1, 0.15) is 45.7 Å². The predicted octanol–water partition coefficient (Wildman–Crippen LogP) is 3.87. The summed E-state index contributed by atoms with van der Waals surface area (Å²) >= 11 is 0. The van der Waals surface area contributed by atoms with Crippen LogP contribution >= 0.6 is 0 Å². The van der Waals surface area contributed by atoms with Gasteiger partial charge in [-0.1, -0.05) is 0 Å². The number of hydrogen-bond donors (Lipinski definition) is 1. The molecule has 0 heterocycles. The lowest BCUT2D eigenvalue weighted by Crippen LogP contribution is -2.35. The van der Waals surface area contributed by atoms with Gasteiger partial charge in [0.05, 0.1) is 0 Å². The van der Waals surface area contributed by atoms with Crippen LogP contribution in [0.3, 0.4) is 0 Å². The van der Waals surface area contributed by atoms with Gasteiger partial charge in [-0.05, 0) is 58.4 Å². The summed E-state index contributed by atoms with van der Waals surface area (Å²) in [5.74, 6) is -1.17. The fraction of sp³-hybridized carbons (Fsp3) is 0.588. The Morgan fingerprint density at radius 1 is 1.26 bits per heavy atom. The van der Waals surface area contributed by atoms with Crippen molar-refractivity contribution in [3.05, 3.63) is 35.4 Å².